The van der Waals surface area contributed by atoms with Crippen molar-refractivity contribution in [2.24, 2.45) is 0 Å². The van der Waals surface area contributed by atoms with Crippen LogP contribution in [0.15, 0.2) is 53.0 Å². The van der Waals surface area contributed by atoms with Crippen LogP contribution in [0.1, 0.15) is 11.1 Å². The molecule has 0 bridgehead atoms. The van der Waals surface area contributed by atoms with Crippen molar-refractivity contribution in [2.75, 3.05) is 12.4 Å². The highest BCUT2D eigenvalue weighted by atomic mass is 79.9. The molecule has 0 heterocycles. The zero-order valence-corrected chi connectivity index (χ0v) is 10.8. The van der Waals surface area contributed by atoms with E-state index in [1.54, 1.807) is 0 Å². The van der Waals surface area contributed by atoms with Crippen molar-refractivity contribution >= 4 is 21.6 Å². The van der Waals surface area contributed by atoms with Gasteiger partial charge in [0.1, 0.15) is 0 Å². The first-order valence-electron chi connectivity index (χ1n) is 5.29. The van der Waals surface area contributed by atoms with Gasteiger partial charge in [0.15, 0.2) is 0 Å². The fourth-order valence-corrected chi connectivity index (χ4v) is 1.94. The second-order valence-corrected chi connectivity index (χ2v) is 4.67. The summed E-state index contributed by atoms with van der Waals surface area (Å²) in [5.41, 5.74) is 3.82. The number of halogens is 1. The maximum absolute atomic E-state index is 3.44. The van der Waals surface area contributed by atoms with Gasteiger partial charge >= 0.3 is 0 Å². The van der Waals surface area contributed by atoms with Crippen LogP contribution in [0.2, 0.25) is 0 Å². The maximum atomic E-state index is 3.44. The normalized spacial score (nSPS) is 10.1. The molecule has 0 fully saturated rings. The molecule has 0 aliphatic carbocycles. The Morgan fingerprint density at radius 3 is 2.44 bits per heavy atom. The first-order valence-corrected chi connectivity index (χ1v) is 6.08. The minimum absolute atomic E-state index is 0.975. The topological polar surface area (TPSA) is 12.0 Å². The van der Waals surface area contributed by atoms with Crippen LogP contribution < -0.4 is 5.32 Å². The molecule has 0 aliphatic rings. The van der Waals surface area contributed by atoms with Crippen LogP contribution in [0.5, 0.6) is 0 Å². The van der Waals surface area contributed by atoms with E-state index in [1.165, 1.54) is 11.1 Å². The molecule has 2 aromatic carbocycles. The summed E-state index contributed by atoms with van der Waals surface area (Å²) in [5, 5.41) is 3.15. The summed E-state index contributed by atoms with van der Waals surface area (Å²) in [6.45, 7) is 0. The monoisotopic (exact) mass is 275 g/mol. The molecule has 1 N–H and O–H groups in total. The number of hydrogen-bond donors (Lipinski definition) is 1. The fraction of sp³-hybridized carbons (Fsp3) is 0.143. The lowest BCUT2D eigenvalue weighted by atomic mass is 10.0. The summed E-state index contributed by atoms with van der Waals surface area (Å²) in [6.07, 6.45) is 0.975. The zero-order chi connectivity index (χ0) is 11.4. The van der Waals surface area contributed by atoms with E-state index in [1.807, 2.05) is 7.05 Å². The van der Waals surface area contributed by atoms with Crippen molar-refractivity contribution in [2.45, 2.75) is 6.42 Å². The van der Waals surface area contributed by atoms with E-state index in [2.05, 4.69) is 69.8 Å². The third-order valence-corrected chi connectivity index (χ3v) is 3.07. The van der Waals surface area contributed by atoms with Gasteiger partial charge in [-0.15, -0.1) is 0 Å². The lowest BCUT2D eigenvalue weighted by Crippen LogP contribution is -1.91. The average Bonchev–Trinajstić information content (AvgIpc) is 2.32. The van der Waals surface area contributed by atoms with E-state index in [0.717, 1.165) is 16.6 Å². The van der Waals surface area contributed by atoms with E-state index < -0.39 is 0 Å². The van der Waals surface area contributed by atoms with Crippen LogP contribution in [-0.4, -0.2) is 7.05 Å². The van der Waals surface area contributed by atoms with E-state index in [4.69, 9.17) is 0 Å². The summed E-state index contributed by atoms with van der Waals surface area (Å²) in [6, 6.07) is 17.0. The van der Waals surface area contributed by atoms with Crippen molar-refractivity contribution in [1.29, 1.82) is 0 Å². The van der Waals surface area contributed by atoms with Crippen LogP contribution >= 0.6 is 15.9 Å². The molecular formula is C14H14BrN. The van der Waals surface area contributed by atoms with Crippen molar-refractivity contribution in [3.05, 3.63) is 64.1 Å². The number of anilines is 1. The van der Waals surface area contributed by atoms with Gasteiger partial charge in [0.05, 0.1) is 0 Å². The summed E-state index contributed by atoms with van der Waals surface area (Å²) < 4.78 is 1.13. The van der Waals surface area contributed by atoms with Gasteiger partial charge in [0.2, 0.25) is 0 Å². The molecule has 0 aliphatic heterocycles. The number of rotatable bonds is 3. The SMILES string of the molecule is CNc1cccc(Cc2ccc(Br)cc2)c1. The number of benzene rings is 2. The van der Waals surface area contributed by atoms with Gasteiger partial charge in [-0.3, -0.25) is 0 Å². The second-order valence-electron chi connectivity index (χ2n) is 3.75. The quantitative estimate of drug-likeness (QED) is 0.890. The molecule has 0 saturated heterocycles. The van der Waals surface area contributed by atoms with Gasteiger partial charge in [-0.2, -0.15) is 0 Å². The Bertz CT molecular complexity index is 462. The molecule has 0 spiro atoms. The van der Waals surface area contributed by atoms with Gasteiger partial charge < -0.3 is 5.32 Å². The molecule has 82 valence electrons. The van der Waals surface area contributed by atoms with Gasteiger partial charge in [-0.25, -0.2) is 0 Å². The fourth-order valence-electron chi connectivity index (χ4n) is 1.67. The van der Waals surface area contributed by atoms with Gasteiger partial charge in [-0.05, 0) is 41.8 Å². The summed E-state index contributed by atoms with van der Waals surface area (Å²) in [7, 11) is 1.94. The minimum Gasteiger partial charge on any atom is -0.388 e. The molecule has 0 radical (unpaired) electrons. The Kier molecular flexibility index (Phi) is 3.62. The first kappa shape index (κ1) is 11.2. The second kappa shape index (κ2) is 5.17. The summed E-state index contributed by atoms with van der Waals surface area (Å²) >= 11 is 3.44. The molecule has 0 atom stereocenters. The molecule has 0 unspecified atom stereocenters. The van der Waals surface area contributed by atoms with Crippen molar-refractivity contribution < 1.29 is 0 Å². The van der Waals surface area contributed by atoms with Crippen molar-refractivity contribution in [3.8, 4) is 0 Å². The average molecular weight is 276 g/mol. The predicted molar refractivity (Wildman–Crippen MR) is 72.9 cm³/mol. The zero-order valence-electron chi connectivity index (χ0n) is 9.20. The lowest BCUT2D eigenvalue weighted by molar-refractivity contribution is 1.19. The Morgan fingerprint density at radius 2 is 1.75 bits per heavy atom. The third-order valence-electron chi connectivity index (χ3n) is 2.54. The van der Waals surface area contributed by atoms with E-state index in [9.17, 15) is 0 Å². The molecule has 2 rings (SSSR count). The van der Waals surface area contributed by atoms with Crippen molar-refractivity contribution in [3.63, 3.8) is 0 Å². The molecule has 16 heavy (non-hydrogen) atoms. The molecular weight excluding hydrogens is 262 g/mol. The van der Waals surface area contributed by atoms with Crippen molar-refractivity contribution in [1.82, 2.24) is 0 Å². The number of hydrogen-bond acceptors (Lipinski definition) is 1. The Hall–Kier alpha value is -1.28. The van der Waals surface area contributed by atoms with Crippen LogP contribution in [0.3, 0.4) is 0 Å². The molecule has 0 aromatic heterocycles. The molecule has 0 amide bonds. The van der Waals surface area contributed by atoms with Crippen LogP contribution in [0.25, 0.3) is 0 Å². The van der Waals surface area contributed by atoms with E-state index >= 15 is 0 Å². The molecule has 2 aromatic rings. The summed E-state index contributed by atoms with van der Waals surface area (Å²) in [5.74, 6) is 0. The van der Waals surface area contributed by atoms with E-state index in [-0.39, 0.29) is 0 Å². The smallest absolute Gasteiger partial charge is 0.0340 e. The highest BCUT2D eigenvalue weighted by molar-refractivity contribution is 9.10. The number of nitrogens with one attached hydrogen (secondary N) is 1. The predicted octanol–water partition coefficient (Wildman–Crippen LogP) is 4.08. The Labute approximate surface area is 105 Å². The van der Waals surface area contributed by atoms with Gasteiger partial charge in [0.25, 0.3) is 0 Å². The highest BCUT2D eigenvalue weighted by Gasteiger charge is 1.97. The lowest BCUT2D eigenvalue weighted by Gasteiger charge is -2.05. The minimum atomic E-state index is 0.975. The van der Waals surface area contributed by atoms with E-state index in [0.29, 0.717) is 0 Å². The summed E-state index contributed by atoms with van der Waals surface area (Å²) in [4.78, 5) is 0. The standard InChI is InChI=1S/C14H14BrN/c1-16-14-4-2-3-12(10-14)9-11-5-7-13(15)8-6-11/h2-8,10,16H,9H2,1H3. The molecule has 1 nitrogen and oxygen atoms in total. The van der Waals surface area contributed by atoms with Gasteiger partial charge in [-0.1, -0.05) is 40.2 Å². The third kappa shape index (κ3) is 2.86. The largest absolute Gasteiger partial charge is 0.388 e. The molecule has 2 heteroatoms. The maximum Gasteiger partial charge on any atom is 0.0340 e. The first-order chi connectivity index (χ1) is 7.78. The van der Waals surface area contributed by atoms with Crippen LogP contribution in [0, 0.1) is 0 Å². The Morgan fingerprint density at radius 1 is 1.00 bits per heavy atom. The van der Waals surface area contributed by atoms with Crippen LogP contribution in [0.4, 0.5) is 5.69 Å². The highest BCUT2D eigenvalue weighted by Crippen LogP contribution is 2.16. The van der Waals surface area contributed by atoms with Crippen LogP contribution in [-0.2, 0) is 6.42 Å². The Balaban J connectivity index is 2.16. The molecule has 0 saturated carbocycles. The van der Waals surface area contributed by atoms with Gasteiger partial charge in [0, 0.05) is 17.2 Å².